The SMILES string of the molecule is CC(C)(CN=Cc1cc([N+](=O)[O-])cc(C(C)(C)C)c1O)N=Cc1cc([N+](=O)[O-])cc(C(C)(C)C)c1O. The maximum absolute atomic E-state index is 11.4. The Labute approximate surface area is 210 Å². The Balaban J connectivity index is 2.38. The summed E-state index contributed by atoms with van der Waals surface area (Å²) in [6.07, 6.45) is 2.76. The molecule has 0 aliphatic carbocycles. The molecule has 0 aliphatic heterocycles. The van der Waals surface area contributed by atoms with E-state index < -0.39 is 26.2 Å². The molecule has 0 spiro atoms. The van der Waals surface area contributed by atoms with E-state index in [9.17, 15) is 30.4 Å². The minimum atomic E-state index is -0.779. The van der Waals surface area contributed by atoms with Crippen LogP contribution in [0.25, 0.3) is 0 Å². The van der Waals surface area contributed by atoms with E-state index in [0.29, 0.717) is 11.1 Å². The summed E-state index contributed by atoms with van der Waals surface area (Å²) in [5.74, 6) is -0.151. The highest BCUT2D eigenvalue weighted by molar-refractivity contribution is 5.87. The molecule has 0 atom stereocenters. The Bertz CT molecular complexity index is 1230. The number of hydrogen-bond acceptors (Lipinski definition) is 8. The Morgan fingerprint density at radius 3 is 1.50 bits per heavy atom. The van der Waals surface area contributed by atoms with Crippen molar-refractivity contribution in [1.29, 1.82) is 0 Å². The van der Waals surface area contributed by atoms with Crippen LogP contribution >= 0.6 is 0 Å². The molecule has 2 aromatic carbocycles. The number of benzene rings is 2. The summed E-state index contributed by atoms with van der Waals surface area (Å²) in [5.41, 5.74) is -0.802. The molecule has 194 valence electrons. The molecule has 0 saturated carbocycles. The molecule has 2 N–H and O–H groups in total. The monoisotopic (exact) mass is 498 g/mol. The second-order valence-electron chi connectivity index (χ2n) is 11.4. The summed E-state index contributed by atoms with van der Waals surface area (Å²) in [4.78, 5) is 30.6. The number of rotatable bonds is 7. The molecule has 0 unspecified atom stereocenters. The highest BCUT2D eigenvalue weighted by Gasteiger charge is 2.26. The molecule has 2 rings (SSSR count). The molecule has 0 bridgehead atoms. The second kappa shape index (κ2) is 10.0. The van der Waals surface area contributed by atoms with E-state index in [2.05, 4.69) is 9.98 Å². The van der Waals surface area contributed by atoms with Crippen LogP contribution in [0.4, 0.5) is 11.4 Å². The zero-order valence-corrected chi connectivity index (χ0v) is 22.0. The highest BCUT2D eigenvalue weighted by atomic mass is 16.6. The van der Waals surface area contributed by atoms with E-state index in [0.717, 1.165) is 0 Å². The summed E-state index contributed by atoms with van der Waals surface area (Å²) in [6, 6.07) is 5.25. The van der Waals surface area contributed by atoms with Crippen molar-refractivity contribution in [2.45, 2.75) is 71.8 Å². The largest absolute Gasteiger partial charge is 0.507 e. The van der Waals surface area contributed by atoms with Crippen LogP contribution in [0.1, 0.15) is 77.6 Å². The van der Waals surface area contributed by atoms with Gasteiger partial charge in [0, 0.05) is 58.9 Å². The van der Waals surface area contributed by atoms with E-state index in [-0.39, 0.29) is 40.5 Å². The number of phenols is 2. The maximum atomic E-state index is 11.4. The van der Waals surface area contributed by atoms with Crippen LogP contribution in [0, 0.1) is 20.2 Å². The van der Waals surface area contributed by atoms with Gasteiger partial charge in [-0.2, -0.15) is 0 Å². The van der Waals surface area contributed by atoms with Gasteiger partial charge in [0.2, 0.25) is 0 Å². The summed E-state index contributed by atoms with van der Waals surface area (Å²) >= 11 is 0. The molecule has 0 fully saturated rings. The van der Waals surface area contributed by atoms with Crippen molar-refractivity contribution in [3.05, 3.63) is 66.7 Å². The summed E-state index contributed by atoms with van der Waals surface area (Å²) in [6.45, 7) is 14.8. The average Bonchev–Trinajstić information content (AvgIpc) is 2.72. The van der Waals surface area contributed by atoms with Crippen molar-refractivity contribution in [3.8, 4) is 11.5 Å². The number of nitro benzene ring substituents is 2. The van der Waals surface area contributed by atoms with Crippen LogP contribution in [0.2, 0.25) is 0 Å². The molecule has 10 nitrogen and oxygen atoms in total. The topological polar surface area (TPSA) is 151 Å². The van der Waals surface area contributed by atoms with Gasteiger partial charge in [0.1, 0.15) is 11.5 Å². The smallest absolute Gasteiger partial charge is 0.270 e. The molecular weight excluding hydrogens is 464 g/mol. The quantitative estimate of drug-likeness (QED) is 0.278. The van der Waals surface area contributed by atoms with Crippen molar-refractivity contribution in [1.82, 2.24) is 0 Å². The molecule has 10 heteroatoms. The van der Waals surface area contributed by atoms with E-state index in [1.54, 1.807) is 13.8 Å². The average molecular weight is 499 g/mol. The van der Waals surface area contributed by atoms with Gasteiger partial charge in [-0.3, -0.25) is 30.2 Å². The van der Waals surface area contributed by atoms with Crippen LogP contribution < -0.4 is 0 Å². The predicted molar refractivity (Wildman–Crippen MR) is 141 cm³/mol. The van der Waals surface area contributed by atoms with Crippen molar-refractivity contribution in [2.24, 2.45) is 9.98 Å². The minimum absolute atomic E-state index is 0.0746. The normalized spacial score (nSPS) is 13.0. The predicted octanol–water partition coefficient (Wildman–Crippen LogP) is 5.83. The van der Waals surface area contributed by atoms with Crippen LogP contribution in [0.5, 0.6) is 11.5 Å². The fourth-order valence-corrected chi connectivity index (χ4v) is 3.49. The molecule has 36 heavy (non-hydrogen) atoms. The lowest BCUT2D eigenvalue weighted by Gasteiger charge is -2.22. The first-order chi connectivity index (χ1) is 16.3. The van der Waals surface area contributed by atoms with Gasteiger partial charge in [0.05, 0.1) is 21.9 Å². The number of phenolic OH excluding ortho intramolecular Hbond substituents is 2. The number of non-ortho nitro benzene ring substituents is 2. The molecule has 0 amide bonds. The van der Waals surface area contributed by atoms with Crippen molar-refractivity contribution in [2.75, 3.05) is 6.54 Å². The van der Waals surface area contributed by atoms with Crippen LogP contribution in [0.3, 0.4) is 0 Å². The van der Waals surface area contributed by atoms with Gasteiger partial charge in [-0.15, -0.1) is 0 Å². The Morgan fingerprint density at radius 1 is 0.750 bits per heavy atom. The van der Waals surface area contributed by atoms with E-state index in [4.69, 9.17) is 0 Å². The second-order valence-corrected chi connectivity index (χ2v) is 11.4. The molecule has 0 aromatic heterocycles. The van der Waals surface area contributed by atoms with Gasteiger partial charge in [-0.1, -0.05) is 41.5 Å². The molecular formula is C26H34N4O6. The third-order valence-electron chi connectivity index (χ3n) is 5.55. The summed E-state index contributed by atoms with van der Waals surface area (Å²) in [7, 11) is 0. The third-order valence-corrected chi connectivity index (χ3v) is 5.55. The van der Waals surface area contributed by atoms with Crippen LogP contribution in [-0.2, 0) is 10.8 Å². The Morgan fingerprint density at radius 2 is 1.14 bits per heavy atom. The third kappa shape index (κ3) is 6.87. The summed E-state index contributed by atoms with van der Waals surface area (Å²) < 4.78 is 0. The molecule has 0 aliphatic rings. The number of nitrogens with zero attached hydrogens (tertiary/aromatic N) is 4. The van der Waals surface area contributed by atoms with Crippen molar-refractivity contribution in [3.63, 3.8) is 0 Å². The van der Waals surface area contributed by atoms with Crippen LogP contribution in [0.15, 0.2) is 34.3 Å². The lowest BCUT2D eigenvalue weighted by atomic mass is 9.85. The molecule has 0 radical (unpaired) electrons. The number of aliphatic imine (C=N–C) groups is 2. The van der Waals surface area contributed by atoms with Crippen LogP contribution in [-0.4, -0.2) is 44.6 Å². The van der Waals surface area contributed by atoms with Gasteiger partial charge < -0.3 is 10.2 Å². The first-order valence-corrected chi connectivity index (χ1v) is 11.4. The lowest BCUT2D eigenvalue weighted by molar-refractivity contribution is -0.385. The highest BCUT2D eigenvalue weighted by Crippen LogP contribution is 2.37. The Kier molecular flexibility index (Phi) is 7.93. The van der Waals surface area contributed by atoms with E-state index in [1.165, 1.54) is 36.7 Å². The number of hydrogen-bond donors (Lipinski definition) is 2. The molecule has 2 aromatic rings. The standard InChI is InChI=1S/C26H34N4O6/c1-24(2,3)20-11-18(29(33)34)9-16(22(20)31)13-27-15-26(7,8)28-14-17-10-19(30(35)36)12-21(23(17)32)25(4,5)6/h9-14,31-32H,15H2,1-8H3. The van der Waals surface area contributed by atoms with E-state index in [1.807, 2.05) is 41.5 Å². The number of nitro groups is 2. The minimum Gasteiger partial charge on any atom is -0.507 e. The van der Waals surface area contributed by atoms with Gasteiger partial charge in [0.15, 0.2) is 0 Å². The van der Waals surface area contributed by atoms with Crippen molar-refractivity contribution < 1.29 is 20.1 Å². The first kappa shape index (κ1) is 28.4. The van der Waals surface area contributed by atoms with Gasteiger partial charge in [-0.25, -0.2) is 0 Å². The number of aromatic hydroxyl groups is 2. The summed E-state index contributed by atoms with van der Waals surface area (Å²) in [5, 5.41) is 44.2. The fraction of sp³-hybridized carbons (Fsp3) is 0.462. The Hall–Kier alpha value is -3.82. The van der Waals surface area contributed by atoms with Gasteiger partial charge >= 0.3 is 0 Å². The molecule has 0 heterocycles. The lowest BCUT2D eigenvalue weighted by Crippen LogP contribution is -2.21. The van der Waals surface area contributed by atoms with E-state index >= 15 is 0 Å². The maximum Gasteiger partial charge on any atom is 0.270 e. The molecule has 0 saturated heterocycles. The zero-order valence-electron chi connectivity index (χ0n) is 22.0. The fourth-order valence-electron chi connectivity index (χ4n) is 3.49. The van der Waals surface area contributed by atoms with Crippen molar-refractivity contribution >= 4 is 23.8 Å². The first-order valence-electron chi connectivity index (χ1n) is 11.4. The van der Waals surface area contributed by atoms with Gasteiger partial charge in [0.25, 0.3) is 11.4 Å². The zero-order chi connectivity index (χ0) is 27.6. The van der Waals surface area contributed by atoms with Gasteiger partial charge in [-0.05, 0) is 24.7 Å².